The maximum absolute atomic E-state index is 14.9. The minimum Gasteiger partial charge on any atom is -0.455 e. The molecule has 0 aliphatic heterocycles. The summed E-state index contributed by atoms with van der Waals surface area (Å²) in [7, 11) is 0. The van der Waals surface area contributed by atoms with Crippen LogP contribution >= 0.6 is 0 Å². The van der Waals surface area contributed by atoms with Gasteiger partial charge in [-0.1, -0.05) is 49.6 Å². The lowest BCUT2D eigenvalue weighted by Crippen LogP contribution is -2.04. The van der Waals surface area contributed by atoms with Crippen molar-refractivity contribution in [1.82, 2.24) is 4.98 Å². The third-order valence-corrected chi connectivity index (χ3v) is 6.82. The van der Waals surface area contributed by atoms with Crippen molar-refractivity contribution in [2.24, 2.45) is 0 Å². The van der Waals surface area contributed by atoms with E-state index in [1.807, 2.05) is 18.2 Å². The van der Waals surface area contributed by atoms with Crippen LogP contribution in [0, 0.1) is 12.7 Å². The number of rotatable bonds is 2. The molecule has 0 atom stereocenters. The van der Waals surface area contributed by atoms with Crippen LogP contribution in [0.2, 0.25) is 0 Å². The summed E-state index contributed by atoms with van der Waals surface area (Å²) in [6.07, 6.45) is 7.60. The van der Waals surface area contributed by atoms with Gasteiger partial charge in [0.15, 0.2) is 0 Å². The zero-order chi connectivity index (χ0) is 20.9. The maximum Gasteiger partial charge on any atom is 0.149 e. The van der Waals surface area contributed by atoms with Crippen molar-refractivity contribution < 1.29 is 8.81 Å². The van der Waals surface area contributed by atoms with Gasteiger partial charge in [-0.2, -0.15) is 0 Å². The van der Waals surface area contributed by atoms with E-state index in [0.29, 0.717) is 11.3 Å². The topological polar surface area (TPSA) is 26.0 Å². The smallest absolute Gasteiger partial charge is 0.149 e. The standard InChI is InChI=1S/C28H24FNO/c1-17-13-23-20-9-5-6-10-26(20)31-28(23)24(14-17)27-21-12-11-19(18-7-3-2-4-8-18)15-22(21)25(29)16-30-27/h5-6,9-16,18H,2-4,7-8H2,1H3. The number of aromatic nitrogens is 1. The van der Waals surface area contributed by atoms with E-state index >= 15 is 0 Å². The largest absolute Gasteiger partial charge is 0.455 e. The first-order valence-electron chi connectivity index (χ1n) is 11.2. The summed E-state index contributed by atoms with van der Waals surface area (Å²) in [5.74, 6) is 0.278. The molecule has 0 radical (unpaired) electrons. The van der Waals surface area contributed by atoms with Crippen molar-refractivity contribution in [2.75, 3.05) is 0 Å². The second kappa shape index (κ2) is 7.19. The van der Waals surface area contributed by atoms with Crippen molar-refractivity contribution in [2.45, 2.75) is 44.9 Å². The molecule has 1 saturated carbocycles. The molecule has 31 heavy (non-hydrogen) atoms. The van der Waals surface area contributed by atoms with E-state index in [-0.39, 0.29) is 5.82 Å². The predicted molar refractivity (Wildman–Crippen MR) is 125 cm³/mol. The number of hydrogen-bond donors (Lipinski definition) is 0. The summed E-state index contributed by atoms with van der Waals surface area (Å²) in [6, 6.07) is 18.6. The summed E-state index contributed by atoms with van der Waals surface area (Å²) in [5, 5.41) is 3.66. The fourth-order valence-corrected chi connectivity index (χ4v) is 5.28. The average Bonchev–Trinajstić information content (AvgIpc) is 3.18. The van der Waals surface area contributed by atoms with Gasteiger partial charge in [0.05, 0.1) is 11.9 Å². The van der Waals surface area contributed by atoms with Gasteiger partial charge in [-0.15, -0.1) is 0 Å². The molecule has 0 spiro atoms. The number of hydrogen-bond acceptors (Lipinski definition) is 2. The Morgan fingerprint density at radius 1 is 0.871 bits per heavy atom. The lowest BCUT2D eigenvalue weighted by atomic mass is 9.83. The lowest BCUT2D eigenvalue weighted by Gasteiger charge is -2.22. The van der Waals surface area contributed by atoms with Crippen molar-refractivity contribution in [3.63, 3.8) is 0 Å². The number of benzene rings is 3. The molecule has 0 N–H and O–H groups in total. The SMILES string of the molecule is Cc1cc(-c2ncc(F)c3cc(C4CCCCC4)ccc23)c2oc3ccccc3c2c1. The zero-order valence-corrected chi connectivity index (χ0v) is 17.6. The fourth-order valence-electron chi connectivity index (χ4n) is 5.28. The second-order valence-electron chi connectivity index (χ2n) is 8.88. The van der Waals surface area contributed by atoms with E-state index < -0.39 is 0 Å². The number of halogens is 1. The van der Waals surface area contributed by atoms with Crippen LogP contribution in [-0.4, -0.2) is 4.98 Å². The summed E-state index contributed by atoms with van der Waals surface area (Å²) in [5.41, 5.74) is 5.74. The number of aryl methyl sites for hydroxylation is 1. The highest BCUT2D eigenvalue weighted by molar-refractivity contribution is 6.11. The Hall–Kier alpha value is -3.20. The zero-order valence-electron chi connectivity index (χ0n) is 17.6. The summed E-state index contributed by atoms with van der Waals surface area (Å²) in [6.45, 7) is 2.08. The van der Waals surface area contributed by atoms with Gasteiger partial charge in [0, 0.05) is 27.1 Å². The fraction of sp³-hybridized carbons (Fsp3) is 0.250. The normalized spacial score (nSPS) is 15.3. The molecule has 3 aromatic carbocycles. The van der Waals surface area contributed by atoms with Gasteiger partial charge in [0.1, 0.15) is 17.0 Å². The number of pyridine rings is 1. The number of para-hydroxylation sites is 1. The monoisotopic (exact) mass is 409 g/mol. The van der Waals surface area contributed by atoms with Gasteiger partial charge < -0.3 is 4.42 Å². The molecule has 3 heteroatoms. The van der Waals surface area contributed by atoms with E-state index in [4.69, 9.17) is 4.42 Å². The number of fused-ring (bicyclic) bond motifs is 4. The van der Waals surface area contributed by atoms with Gasteiger partial charge in [-0.3, -0.25) is 4.98 Å². The van der Waals surface area contributed by atoms with E-state index in [2.05, 4.69) is 48.3 Å². The van der Waals surface area contributed by atoms with Gasteiger partial charge in [-0.25, -0.2) is 4.39 Å². The Morgan fingerprint density at radius 2 is 1.71 bits per heavy atom. The van der Waals surface area contributed by atoms with Crippen LogP contribution in [-0.2, 0) is 0 Å². The van der Waals surface area contributed by atoms with Crippen LogP contribution in [0.5, 0.6) is 0 Å². The van der Waals surface area contributed by atoms with Gasteiger partial charge in [-0.05, 0) is 61.1 Å². The molecule has 0 amide bonds. The minimum atomic E-state index is -0.259. The van der Waals surface area contributed by atoms with Crippen LogP contribution in [0.3, 0.4) is 0 Å². The molecular formula is C28H24FNO. The first-order chi connectivity index (χ1) is 15.2. The summed E-state index contributed by atoms with van der Waals surface area (Å²) < 4.78 is 21.2. The Kier molecular flexibility index (Phi) is 4.31. The molecule has 2 nitrogen and oxygen atoms in total. The third kappa shape index (κ3) is 3.03. The molecule has 1 fully saturated rings. The highest BCUT2D eigenvalue weighted by atomic mass is 19.1. The van der Waals surface area contributed by atoms with Crippen LogP contribution in [0.1, 0.15) is 49.1 Å². The number of furan rings is 1. The van der Waals surface area contributed by atoms with Crippen LogP contribution in [0.25, 0.3) is 44.0 Å². The average molecular weight is 410 g/mol. The molecule has 0 saturated heterocycles. The molecule has 2 heterocycles. The Balaban J connectivity index is 1.59. The van der Waals surface area contributed by atoms with Crippen LogP contribution in [0.4, 0.5) is 4.39 Å². The minimum absolute atomic E-state index is 0.259. The van der Waals surface area contributed by atoms with Gasteiger partial charge in [0.25, 0.3) is 0 Å². The Bertz CT molecular complexity index is 1440. The quantitative estimate of drug-likeness (QED) is 0.293. The third-order valence-electron chi connectivity index (χ3n) is 6.82. The molecule has 6 rings (SSSR count). The van der Waals surface area contributed by atoms with Crippen molar-refractivity contribution >= 4 is 32.7 Å². The molecule has 1 aliphatic carbocycles. The summed E-state index contributed by atoms with van der Waals surface area (Å²) in [4.78, 5) is 4.55. The molecule has 5 aromatic rings. The molecule has 0 unspecified atom stereocenters. The lowest BCUT2D eigenvalue weighted by molar-refractivity contribution is 0.444. The van der Waals surface area contributed by atoms with Gasteiger partial charge in [0.2, 0.25) is 0 Å². The first-order valence-corrected chi connectivity index (χ1v) is 11.2. The molecule has 154 valence electrons. The van der Waals surface area contributed by atoms with Crippen molar-refractivity contribution in [3.8, 4) is 11.3 Å². The summed E-state index contributed by atoms with van der Waals surface area (Å²) >= 11 is 0. The van der Waals surface area contributed by atoms with Crippen molar-refractivity contribution in [3.05, 3.63) is 77.7 Å². The molecular weight excluding hydrogens is 385 g/mol. The van der Waals surface area contributed by atoms with Crippen LogP contribution in [0.15, 0.2) is 65.2 Å². The molecule has 1 aliphatic rings. The maximum atomic E-state index is 14.9. The molecule has 2 aromatic heterocycles. The van der Waals surface area contributed by atoms with Crippen molar-refractivity contribution in [1.29, 1.82) is 0 Å². The van der Waals surface area contributed by atoms with E-state index in [1.165, 1.54) is 43.9 Å². The number of nitrogens with zero attached hydrogens (tertiary/aromatic N) is 1. The second-order valence-corrected chi connectivity index (χ2v) is 8.88. The first kappa shape index (κ1) is 18.6. The van der Waals surface area contributed by atoms with E-state index in [9.17, 15) is 4.39 Å². The highest BCUT2D eigenvalue weighted by Crippen LogP contribution is 2.40. The van der Waals surface area contributed by atoms with Crippen LogP contribution < -0.4 is 0 Å². The molecule has 0 bridgehead atoms. The Labute approximate surface area is 180 Å². The van der Waals surface area contributed by atoms with E-state index in [0.717, 1.165) is 44.1 Å². The Morgan fingerprint density at radius 3 is 2.58 bits per heavy atom. The van der Waals surface area contributed by atoms with Gasteiger partial charge >= 0.3 is 0 Å². The highest BCUT2D eigenvalue weighted by Gasteiger charge is 2.20. The predicted octanol–water partition coefficient (Wildman–Crippen LogP) is 8.30. The van der Waals surface area contributed by atoms with E-state index in [1.54, 1.807) is 0 Å².